The highest BCUT2D eigenvalue weighted by atomic mass is 35.5. The van der Waals surface area contributed by atoms with Crippen LogP contribution in [0.1, 0.15) is 5.56 Å². The molecule has 0 radical (unpaired) electrons. The molecule has 0 spiro atoms. The summed E-state index contributed by atoms with van der Waals surface area (Å²) in [4.78, 5) is 27.6. The van der Waals surface area contributed by atoms with Gasteiger partial charge in [-0.05, 0) is 30.7 Å². The number of benzene rings is 1. The predicted molar refractivity (Wildman–Crippen MR) is 127 cm³/mol. The van der Waals surface area contributed by atoms with Crippen LogP contribution in [0.15, 0.2) is 49.2 Å². The Kier molecular flexibility index (Phi) is 6.24. The summed E-state index contributed by atoms with van der Waals surface area (Å²) in [7, 11) is 0. The Hall–Kier alpha value is -3.96. The molecule has 4 aromatic rings. The second-order valence-electron chi connectivity index (χ2n) is 6.90. The Bertz CT molecular complexity index is 1330. The number of imidazole rings is 1. The standard InChI is InChI=1S/C20H17Cl2N9O2/c21-12-1-2-13(14(22)8-12)17-15(30-6-5-25-10-30)9-27-20(29-17)26-4-3-11-7-16(23)28-19(24)18(11)31(32)33/h1-2,5-10H,3-4H2,(H4,23,24,28)(H,26,27,29). The predicted octanol–water partition coefficient (Wildman–Crippen LogP) is 3.76. The number of nitro groups is 1. The molecule has 5 N–H and O–H groups in total. The van der Waals surface area contributed by atoms with E-state index >= 15 is 0 Å². The Labute approximate surface area is 197 Å². The van der Waals surface area contributed by atoms with Crippen LogP contribution in [0.3, 0.4) is 0 Å². The number of hydrogen-bond donors (Lipinski definition) is 3. The number of nitrogens with two attached hydrogens (primary N) is 2. The smallest absolute Gasteiger partial charge is 0.314 e. The maximum atomic E-state index is 11.4. The van der Waals surface area contributed by atoms with Crippen LogP contribution in [0.25, 0.3) is 16.9 Å². The molecule has 0 unspecified atom stereocenters. The average Bonchev–Trinajstić information content (AvgIpc) is 3.27. The number of hydrogen-bond acceptors (Lipinski definition) is 9. The van der Waals surface area contributed by atoms with Crippen molar-refractivity contribution in [1.29, 1.82) is 0 Å². The van der Waals surface area contributed by atoms with Gasteiger partial charge in [-0.2, -0.15) is 0 Å². The van der Waals surface area contributed by atoms with Crippen molar-refractivity contribution in [1.82, 2.24) is 24.5 Å². The van der Waals surface area contributed by atoms with Crippen LogP contribution >= 0.6 is 23.2 Å². The molecule has 0 bridgehead atoms. The second kappa shape index (κ2) is 9.27. The molecule has 0 fully saturated rings. The summed E-state index contributed by atoms with van der Waals surface area (Å²) in [5.41, 5.74) is 13.3. The van der Waals surface area contributed by atoms with Gasteiger partial charge in [-0.3, -0.25) is 10.1 Å². The van der Waals surface area contributed by atoms with Gasteiger partial charge in [0.1, 0.15) is 11.5 Å². The third-order valence-electron chi connectivity index (χ3n) is 4.72. The van der Waals surface area contributed by atoms with Gasteiger partial charge in [-0.1, -0.05) is 23.2 Å². The number of anilines is 3. The topological polar surface area (TPSA) is 164 Å². The first-order valence-electron chi connectivity index (χ1n) is 9.57. The minimum absolute atomic E-state index is 0.105. The quantitative estimate of drug-likeness (QED) is 0.261. The molecule has 4 rings (SSSR count). The number of rotatable bonds is 7. The van der Waals surface area contributed by atoms with Gasteiger partial charge in [-0.15, -0.1) is 0 Å². The lowest BCUT2D eigenvalue weighted by atomic mass is 10.1. The van der Waals surface area contributed by atoms with E-state index in [1.165, 1.54) is 6.07 Å². The van der Waals surface area contributed by atoms with Gasteiger partial charge in [0.05, 0.1) is 28.2 Å². The minimum atomic E-state index is -0.575. The van der Waals surface area contributed by atoms with Crippen molar-refractivity contribution < 1.29 is 4.92 Å². The number of nitrogens with one attached hydrogen (secondary N) is 1. The summed E-state index contributed by atoms with van der Waals surface area (Å²) >= 11 is 12.5. The monoisotopic (exact) mass is 485 g/mol. The molecule has 168 valence electrons. The first-order valence-corrected chi connectivity index (χ1v) is 10.3. The lowest BCUT2D eigenvalue weighted by Gasteiger charge is -2.13. The molecule has 0 aliphatic rings. The van der Waals surface area contributed by atoms with Gasteiger partial charge < -0.3 is 21.4 Å². The van der Waals surface area contributed by atoms with E-state index in [1.807, 2.05) is 0 Å². The van der Waals surface area contributed by atoms with Gasteiger partial charge in [-0.25, -0.2) is 19.9 Å². The highest BCUT2D eigenvalue weighted by Gasteiger charge is 2.20. The van der Waals surface area contributed by atoms with Crippen molar-refractivity contribution in [3.05, 3.63) is 74.9 Å². The molecule has 1 aromatic carbocycles. The van der Waals surface area contributed by atoms with Gasteiger partial charge in [0.2, 0.25) is 11.8 Å². The van der Waals surface area contributed by atoms with Crippen LogP contribution in [-0.2, 0) is 6.42 Å². The van der Waals surface area contributed by atoms with Gasteiger partial charge in [0.25, 0.3) is 0 Å². The Morgan fingerprint density at radius 2 is 2.00 bits per heavy atom. The lowest BCUT2D eigenvalue weighted by molar-refractivity contribution is -0.384. The van der Waals surface area contributed by atoms with Crippen molar-refractivity contribution in [3.63, 3.8) is 0 Å². The van der Waals surface area contributed by atoms with E-state index < -0.39 is 4.92 Å². The highest BCUT2D eigenvalue weighted by Crippen LogP contribution is 2.33. The molecule has 0 aliphatic carbocycles. The number of pyridine rings is 1. The molecule has 0 atom stereocenters. The molecule has 33 heavy (non-hydrogen) atoms. The largest absolute Gasteiger partial charge is 0.384 e. The third-order valence-corrected chi connectivity index (χ3v) is 5.26. The molecular weight excluding hydrogens is 469 g/mol. The van der Waals surface area contributed by atoms with E-state index in [1.54, 1.807) is 47.7 Å². The average molecular weight is 486 g/mol. The fourth-order valence-corrected chi connectivity index (χ4v) is 3.77. The SMILES string of the molecule is Nc1cc(CCNc2ncc(-n3ccnc3)c(-c3ccc(Cl)cc3Cl)n2)c([N+](=O)[O-])c(N)n1. The van der Waals surface area contributed by atoms with Gasteiger partial charge in [0, 0.05) is 35.1 Å². The van der Waals surface area contributed by atoms with Crippen LogP contribution in [0.4, 0.5) is 23.3 Å². The van der Waals surface area contributed by atoms with E-state index in [0.29, 0.717) is 38.5 Å². The zero-order valence-electron chi connectivity index (χ0n) is 16.9. The van der Waals surface area contributed by atoms with E-state index in [2.05, 4.69) is 25.3 Å². The third kappa shape index (κ3) is 4.78. The normalized spacial score (nSPS) is 10.8. The van der Waals surface area contributed by atoms with E-state index in [4.69, 9.17) is 34.7 Å². The highest BCUT2D eigenvalue weighted by molar-refractivity contribution is 6.36. The summed E-state index contributed by atoms with van der Waals surface area (Å²) in [5, 5.41) is 15.4. The molecule has 3 heterocycles. The molecule has 0 saturated heterocycles. The maximum absolute atomic E-state index is 11.4. The molecule has 0 aliphatic heterocycles. The summed E-state index contributed by atoms with van der Waals surface area (Å²) in [6.45, 7) is 0.280. The number of nitrogens with zero attached hydrogens (tertiary/aromatic N) is 6. The van der Waals surface area contributed by atoms with E-state index in [-0.39, 0.29) is 30.3 Å². The fourth-order valence-electron chi connectivity index (χ4n) is 3.28. The van der Waals surface area contributed by atoms with Crippen molar-refractivity contribution in [2.45, 2.75) is 6.42 Å². The van der Waals surface area contributed by atoms with Crippen molar-refractivity contribution >= 4 is 46.5 Å². The van der Waals surface area contributed by atoms with Crippen LogP contribution in [0.2, 0.25) is 10.0 Å². The van der Waals surface area contributed by atoms with Crippen molar-refractivity contribution in [2.24, 2.45) is 0 Å². The minimum Gasteiger partial charge on any atom is -0.384 e. The number of aromatic nitrogens is 5. The summed E-state index contributed by atoms with van der Waals surface area (Å²) in [6.07, 6.45) is 6.89. The molecule has 0 saturated carbocycles. The summed E-state index contributed by atoms with van der Waals surface area (Å²) in [5.74, 6) is 0.182. The summed E-state index contributed by atoms with van der Waals surface area (Å²) in [6, 6.07) is 6.54. The molecule has 11 nitrogen and oxygen atoms in total. The lowest BCUT2D eigenvalue weighted by Crippen LogP contribution is -2.12. The number of halogens is 2. The second-order valence-corrected chi connectivity index (χ2v) is 7.74. The van der Waals surface area contributed by atoms with Crippen molar-refractivity contribution in [2.75, 3.05) is 23.3 Å². The zero-order valence-corrected chi connectivity index (χ0v) is 18.5. The van der Waals surface area contributed by atoms with E-state index in [9.17, 15) is 10.1 Å². The Balaban J connectivity index is 1.63. The fraction of sp³-hybridized carbons (Fsp3) is 0.100. The first-order chi connectivity index (χ1) is 15.8. The summed E-state index contributed by atoms with van der Waals surface area (Å²) < 4.78 is 1.76. The molecule has 3 aromatic heterocycles. The molecular formula is C20H17Cl2N9O2. The van der Waals surface area contributed by atoms with Crippen LogP contribution in [0, 0.1) is 10.1 Å². The molecule has 0 amide bonds. The zero-order chi connectivity index (χ0) is 23.5. The van der Waals surface area contributed by atoms with E-state index in [0.717, 1.165) is 0 Å². The van der Waals surface area contributed by atoms with Crippen LogP contribution < -0.4 is 16.8 Å². The molecule has 13 heteroatoms. The first kappa shape index (κ1) is 22.2. The Morgan fingerprint density at radius 3 is 2.70 bits per heavy atom. The van der Waals surface area contributed by atoms with Gasteiger partial charge in [0.15, 0.2) is 0 Å². The van der Waals surface area contributed by atoms with Crippen molar-refractivity contribution in [3.8, 4) is 16.9 Å². The van der Waals surface area contributed by atoms with Crippen LogP contribution in [0.5, 0.6) is 0 Å². The Morgan fingerprint density at radius 1 is 1.18 bits per heavy atom. The maximum Gasteiger partial charge on any atom is 0.314 e. The van der Waals surface area contributed by atoms with Gasteiger partial charge >= 0.3 is 5.69 Å². The number of nitrogen functional groups attached to an aromatic ring is 2. The van der Waals surface area contributed by atoms with Crippen LogP contribution in [-0.4, -0.2) is 36.0 Å².